The van der Waals surface area contributed by atoms with E-state index in [1.54, 1.807) is 18.2 Å². The molecule has 3 nitrogen and oxygen atoms in total. The summed E-state index contributed by atoms with van der Waals surface area (Å²) < 4.78 is 13.6. The van der Waals surface area contributed by atoms with E-state index >= 15 is 0 Å². The van der Waals surface area contributed by atoms with Gasteiger partial charge in [0.25, 0.3) is 0 Å². The lowest BCUT2D eigenvalue weighted by atomic mass is 10.2. The van der Waals surface area contributed by atoms with E-state index in [2.05, 4.69) is 10.3 Å². The zero-order valence-electron chi connectivity index (χ0n) is 11.4. The van der Waals surface area contributed by atoms with Crippen LogP contribution in [0.3, 0.4) is 0 Å². The fourth-order valence-corrected chi connectivity index (χ4v) is 2.66. The van der Waals surface area contributed by atoms with Gasteiger partial charge in [-0.2, -0.15) is 0 Å². The molecule has 0 bridgehead atoms. The van der Waals surface area contributed by atoms with Gasteiger partial charge in [-0.1, -0.05) is 19.1 Å². The minimum Gasteiger partial charge on any atom is -0.356 e. The maximum atomic E-state index is 13.6. The van der Waals surface area contributed by atoms with E-state index in [1.807, 2.05) is 12.3 Å². The summed E-state index contributed by atoms with van der Waals surface area (Å²) in [5.74, 6) is -0.235. The molecule has 106 valence electrons. The van der Waals surface area contributed by atoms with Crippen LogP contribution in [0.25, 0.3) is 10.6 Å². The number of amides is 1. The van der Waals surface area contributed by atoms with E-state index in [0.29, 0.717) is 30.0 Å². The first-order valence-electron chi connectivity index (χ1n) is 6.66. The average Bonchev–Trinajstić information content (AvgIpc) is 2.92. The zero-order valence-corrected chi connectivity index (χ0v) is 12.2. The van der Waals surface area contributed by atoms with Crippen LogP contribution in [0.4, 0.5) is 4.39 Å². The molecule has 0 atom stereocenters. The number of rotatable bonds is 6. The van der Waals surface area contributed by atoms with Crippen LogP contribution in [0.15, 0.2) is 29.6 Å². The number of nitrogens with zero attached hydrogens (tertiary/aromatic N) is 1. The van der Waals surface area contributed by atoms with Crippen LogP contribution in [-0.2, 0) is 11.2 Å². The standard InChI is InChI=1S/C15H17FN2OS/c1-2-9-17-14(19)8-7-11-10-20-15(18-11)12-5-3-4-6-13(12)16/h3-6,10H,2,7-9H2,1H3,(H,17,19). The van der Waals surface area contributed by atoms with Gasteiger partial charge in [-0.05, 0) is 25.0 Å². The Morgan fingerprint density at radius 2 is 2.20 bits per heavy atom. The zero-order chi connectivity index (χ0) is 14.4. The summed E-state index contributed by atoms with van der Waals surface area (Å²) in [5.41, 5.74) is 1.35. The molecule has 1 heterocycles. The molecule has 0 aliphatic carbocycles. The first-order valence-corrected chi connectivity index (χ1v) is 7.54. The van der Waals surface area contributed by atoms with Crippen molar-refractivity contribution < 1.29 is 9.18 Å². The Hall–Kier alpha value is -1.75. The van der Waals surface area contributed by atoms with E-state index in [1.165, 1.54) is 17.4 Å². The van der Waals surface area contributed by atoms with Crippen molar-refractivity contribution in [1.82, 2.24) is 10.3 Å². The van der Waals surface area contributed by atoms with E-state index in [4.69, 9.17) is 0 Å². The molecule has 0 radical (unpaired) electrons. The summed E-state index contributed by atoms with van der Waals surface area (Å²) in [6, 6.07) is 6.59. The average molecular weight is 292 g/mol. The van der Waals surface area contributed by atoms with Crippen LogP contribution in [0.5, 0.6) is 0 Å². The quantitative estimate of drug-likeness (QED) is 0.886. The van der Waals surface area contributed by atoms with E-state index < -0.39 is 0 Å². The normalized spacial score (nSPS) is 10.5. The van der Waals surface area contributed by atoms with Crippen molar-refractivity contribution in [2.75, 3.05) is 6.54 Å². The molecule has 0 unspecified atom stereocenters. The van der Waals surface area contributed by atoms with Crippen molar-refractivity contribution in [1.29, 1.82) is 0 Å². The summed E-state index contributed by atoms with van der Waals surface area (Å²) in [4.78, 5) is 15.9. The first kappa shape index (κ1) is 14.7. The highest BCUT2D eigenvalue weighted by Crippen LogP contribution is 2.26. The smallest absolute Gasteiger partial charge is 0.220 e. The number of halogens is 1. The van der Waals surface area contributed by atoms with Crippen molar-refractivity contribution in [2.24, 2.45) is 0 Å². The van der Waals surface area contributed by atoms with E-state index in [-0.39, 0.29) is 11.7 Å². The number of carbonyl (C=O) groups is 1. The van der Waals surface area contributed by atoms with Gasteiger partial charge in [-0.3, -0.25) is 4.79 Å². The lowest BCUT2D eigenvalue weighted by molar-refractivity contribution is -0.121. The van der Waals surface area contributed by atoms with Crippen LogP contribution in [0.2, 0.25) is 0 Å². The topological polar surface area (TPSA) is 42.0 Å². The Labute approximate surface area is 121 Å². The molecule has 1 amide bonds. The monoisotopic (exact) mass is 292 g/mol. The highest BCUT2D eigenvalue weighted by molar-refractivity contribution is 7.13. The number of carbonyl (C=O) groups excluding carboxylic acids is 1. The van der Waals surface area contributed by atoms with E-state index in [9.17, 15) is 9.18 Å². The molecule has 0 saturated heterocycles. The van der Waals surface area contributed by atoms with Crippen molar-refractivity contribution >= 4 is 17.2 Å². The molecule has 0 saturated carbocycles. The number of hydrogen-bond acceptors (Lipinski definition) is 3. The highest BCUT2D eigenvalue weighted by Gasteiger charge is 2.10. The van der Waals surface area contributed by atoms with Gasteiger partial charge in [0.2, 0.25) is 5.91 Å². The minimum absolute atomic E-state index is 0.0345. The SMILES string of the molecule is CCCNC(=O)CCc1csc(-c2ccccc2F)n1. The second-order valence-electron chi connectivity index (χ2n) is 4.47. The molecule has 1 aromatic carbocycles. The number of hydrogen-bond donors (Lipinski definition) is 1. The van der Waals surface area contributed by atoms with Crippen molar-refractivity contribution in [2.45, 2.75) is 26.2 Å². The number of thiazole rings is 1. The summed E-state index contributed by atoms with van der Waals surface area (Å²) in [6.45, 7) is 2.72. The third-order valence-electron chi connectivity index (χ3n) is 2.84. The Morgan fingerprint density at radius 1 is 1.40 bits per heavy atom. The molecule has 1 aromatic heterocycles. The summed E-state index contributed by atoms with van der Waals surface area (Å²) in [7, 11) is 0. The van der Waals surface area contributed by atoms with Crippen LogP contribution < -0.4 is 5.32 Å². The predicted octanol–water partition coefficient (Wildman–Crippen LogP) is 3.41. The molecule has 0 aliphatic heterocycles. The molecule has 1 N–H and O–H groups in total. The van der Waals surface area contributed by atoms with Crippen molar-refractivity contribution in [3.05, 3.63) is 41.2 Å². The van der Waals surface area contributed by atoms with E-state index in [0.717, 1.165) is 12.1 Å². The number of benzene rings is 1. The molecular weight excluding hydrogens is 275 g/mol. The Balaban J connectivity index is 1.96. The van der Waals surface area contributed by atoms with Gasteiger partial charge in [0.1, 0.15) is 10.8 Å². The molecular formula is C15H17FN2OS. The molecule has 20 heavy (non-hydrogen) atoms. The molecule has 0 spiro atoms. The lowest BCUT2D eigenvalue weighted by Crippen LogP contribution is -2.24. The highest BCUT2D eigenvalue weighted by atomic mass is 32.1. The van der Waals surface area contributed by atoms with Gasteiger partial charge in [0.05, 0.1) is 5.69 Å². The van der Waals surface area contributed by atoms with Gasteiger partial charge in [-0.25, -0.2) is 9.37 Å². The number of aryl methyl sites for hydroxylation is 1. The lowest BCUT2D eigenvalue weighted by Gasteiger charge is -2.01. The van der Waals surface area contributed by atoms with Gasteiger partial charge < -0.3 is 5.32 Å². The number of nitrogens with one attached hydrogen (secondary N) is 1. The molecule has 2 rings (SSSR count). The summed E-state index contributed by atoms with van der Waals surface area (Å²) in [5, 5.41) is 5.37. The molecule has 5 heteroatoms. The fraction of sp³-hybridized carbons (Fsp3) is 0.333. The first-order chi connectivity index (χ1) is 9.70. The summed E-state index contributed by atoms with van der Waals surface area (Å²) in [6.07, 6.45) is 1.93. The van der Waals surface area contributed by atoms with Gasteiger partial charge in [0.15, 0.2) is 0 Å². The van der Waals surface area contributed by atoms with Crippen LogP contribution >= 0.6 is 11.3 Å². The second kappa shape index (κ2) is 7.14. The van der Waals surface area contributed by atoms with Crippen LogP contribution in [0, 0.1) is 5.82 Å². The summed E-state index contributed by atoms with van der Waals surface area (Å²) >= 11 is 1.40. The maximum Gasteiger partial charge on any atom is 0.220 e. The minimum atomic E-state index is -0.269. The van der Waals surface area contributed by atoms with Crippen molar-refractivity contribution in [3.63, 3.8) is 0 Å². The number of aromatic nitrogens is 1. The van der Waals surface area contributed by atoms with Gasteiger partial charge in [-0.15, -0.1) is 11.3 Å². The third kappa shape index (κ3) is 3.87. The molecule has 0 aliphatic rings. The fourth-order valence-electron chi connectivity index (χ4n) is 1.77. The Bertz CT molecular complexity index is 583. The Morgan fingerprint density at radius 3 is 2.95 bits per heavy atom. The van der Waals surface area contributed by atoms with Crippen LogP contribution in [-0.4, -0.2) is 17.4 Å². The second-order valence-corrected chi connectivity index (χ2v) is 5.33. The maximum absolute atomic E-state index is 13.6. The molecule has 0 fully saturated rings. The largest absolute Gasteiger partial charge is 0.356 e. The van der Waals surface area contributed by atoms with Crippen LogP contribution in [0.1, 0.15) is 25.5 Å². The Kier molecular flexibility index (Phi) is 5.24. The van der Waals surface area contributed by atoms with Gasteiger partial charge in [0, 0.05) is 23.9 Å². The van der Waals surface area contributed by atoms with Gasteiger partial charge >= 0.3 is 0 Å². The predicted molar refractivity (Wildman–Crippen MR) is 79.1 cm³/mol. The third-order valence-corrected chi connectivity index (χ3v) is 3.76. The van der Waals surface area contributed by atoms with Crippen molar-refractivity contribution in [3.8, 4) is 10.6 Å². The molecule has 2 aromatic rings.